The van der Waals surface area contributed by atoms with E-state index in [0.29, 0.717) is 12.2 Å². The van der Waals surface area contributed by atoms with E-state index in [2.05, 4.69) is 19.1 Å². The van der Waals surface area contributed by atoms with E-state index in [9.17, 15) is 9.90 Å². The highest BCUT2D eigenvalue weighted by Crippen LogP contribution is 2.40. The molecular weight excluding hydrogens is 356 g/mol. The Morgan fingerprint density at radius 1 is 1.32 bits per heavy atom. The molecule has 0 fully saturated rings. The molecule has 1 N–H and O–H groups in total. The van der Waals surface area contributed by atoms with Crippen molar-refractivity contribution in [1.29, 1.82) is 0 Å². The van der Waals surface area contributed by atoms with Crippen molar-refractivity contribution < 1.29 is 24.2 Å². The van der Waals surface area contributed by atoms with Gasteiger partial charge in [-0.2, -0.15) is 0 Å². The molecule has 1 aliphatic rings. The van der Waals surface area contributed by atoms with Crippen LogP contribution in [0.5, 0.6) is 0 Å². The highest BCUT2D eigenvalue weighted by Gasteiger charge is 2.31. The van der Waals surface area contributed by atoms with Gasteiger partial charge in [-0.15, -0.1) is 0 Å². The Bertz CT molecular complexity index is 672. The number of esters is 1. The Balaban J connectivity index is 0.00000171. The zero-order chi connectivity index (χ0) is 21.7. The Labute approximate surface area is 169 Å². The number of allylic oxidation sites excluding steroid dienone is 1. The van der Waals surface area contributed by atoms with Gasteiger partial charge in [0, 0.05) is 5.92 Å². The predicted molar refractivity (Wildman–Crippen MR) is 112 cm³/mol. The Morgan fingerprint density at radius 3 is 2.54 bits per heavy atom. The van der Waals surface area contributed by atoms with Gasteiger partial charge in [0.05, 0.1) is 18.4 Å². The molecule has 1 aromatic rings. The van der Waals surface area contributed by atoms with Gasteiger partial charge in [0.1, 0.15) is 6.79 Å². The molecule has 5 heteroatoms. The molecule has 0 radical (unpaired) electrons. The molecule has 0 saturated heterocycles. The first-order chi connectivity index (χ1) is 13.4. The third-order valence-corrected chi connectivity index (χ3v) is 4.20. The maximum atomic E-state index is 12.4. The maximum absolute atomic E-state index is 12.4. The van der Waals surface area contributed by atoms with Crippen molar-refractivity contribution >= 4 is 12.8 Å². The van der Waals surface area contributed by atoms with Gasteiger partial charge in [0.2, 0.25) is 6.29 Å². The number of rotatable bonds is 6. The summed E-state index contributed by atoms with van der Waals surface area (Å²) in [5, 5.41) is 9.87. The molecule has 0 amide bonds. The molecule has 28 heavy (non-hydrogen) atoms. The molecule has 0 spiro atoms. The molecule has 156 valence electrons. The summed E-state index contributed by atoms with van der Waals surface area (Å²) in [6, 6.07) is 6.15. The third kappa shape index (κ3) is 7.31. The summed E-state index contributed by atoms with van der Waals surface area (Å²) in [6.45, 7) is 13.9. The van der Waals surface area contributed by atoms with Crippen molar-refractivity contribution in [2.75, 3.05) is 6.61 Å². The lowest BCUT2D eigenvalue weighted by molar-refractivity contribution is -0.139. The number of hydrogen-bond donors (Lipinski definition) is 1. The van der Waals surface area contributed by atoms with Crippen LogP contribution in [0.4, 0.5) is 0 Å². The summed E-state index contributed by atoms with van der Waals surface area (Å²) in [7, 11) is 0. The molecule has 0 aromatic heterocycles. The fourth-order valence-electron chi connectivity index (χ4n) is 3.11. The fraction of sp³-hybridized carbons (Fsp3) is 0.478. The van der Waals surface area contributed by atoms with Crippen LogP contribution >= 0.6 is 0 Å². The number of carbonyl (C=O) groups is 2. The van der Waals surface area contributed by atoms with Crippen molar-refractivity contribution in [2.24, 2.45) is 0 Å². The van der Waals surface area contributed by atoms with Crippen molar-refractivity contribution in [3.63, 3.8) is 0 Å². The average Bonchev–Trinajstić information content (AvgIpc) is 3.10. The largest absolute Gasteiger partial charge is 0.468 e. The molecule has 2 rings (SSSR count). The summed E-state index contributed by atoms with van der Waals surface area (Å²) in [5.41, 5.74) is 5.08. The molecular formula is C23H34O5. The van der Waals surface area contributed by atoms with E-state index < -0.39 is 6.29 Å². The summed E-state index contributed by atoms with van der Waals surface area (Å²) in [5.74, 6) is -0.445. The van der Waals surface area contributed by atoms with Gasteiger partial charge in [-0.05, 0) is 63.3 Å². The van der Waals surface area contributed by atoms with E-state index in [0.717, 1.165) is 24.0 Å². The molecule has 1 aromatic carbocycles. The van der Waals surface area contributed by atoms with Crippen LogP contribution in [0.3, 0.4) is 0 Å². The Morgan fingerprint density at radius 2 is 1.96 bits per heavy atom. The molecule has 1 aliphatic carbocycles. The van der Waals surface area contributed by atoms with Crippen LogP contribution in [0.15, 0.2) is 41.7 Å². The second kappa shape index (κ2) is 13.7. The van der Waals surface area contributed by atoms with E-state index in [-0.39, 0.29) is 11.9 Å². The van der Waals surface area contributed by atoms with Gasteiger partial charge in [-0.25, -0.2) is 4.79 Å². The van der Waals surface area contributed by atoms with Gasteiger partial charge >= 0.3 is 5.97 Å². The van der Waals surface area contributed by atoms with Crippen molar-refractivity contribution in [1.82, 2.24) is 0 Å². The van der Waals surface area contributed by atoms with Crippen molar-refractivity contribution in [2.45, 2.75) is 66.6 Å². The minimum Gasteiger partial charge on any atom is -0.468 e. The number of aliphatic hydroxyl groups is 1. The summed E-state index contributed by atoms with van der Waals surface area (Å²) < 4.78 is 10.5. The second-order valence-corrected chi connectivity index (χ2v) is 6.30. The van der Waals surface area contributed by atoms with Crippen LogP contribution < -0.4 is 0 Å². The van der Waals surface area contributed by atoms with Crippen LogP contribution in [0.1, 0.15) is 63.6 Å². The standard InChI is InChI=1S/C20H26O4.C2H6.CH2O/c1-5-23-20(22)18(12-24-19(21)11-13(2)3)17-10-9-15-14(4)7-6-8-16(15)17;2*1-2/h6-8,11-12,17,19,21H,5,9-10H2,1-4H3;1-2H3;1H2/b18-12+;;. The number of carbonyl (C=O) groups excluding carboxylic acids is 2. The number of hydrogen-bond acceptors (Lipinski definition) is 5. The third-order valence-electron chi connectivity index (χ3n) is 4.20. The lowest BCUT2D eigenvalue weighted by Gasteiger charge is -2.16. The van der Waals surface area contributed by atoms with Crippen LogP contribution in [-0.4, -0.2) is 30.8 Å². The first kappa shape index (κ1) is 25.6. The van der Waals surface area contributed by atoms with E-state index in [4.69, 9.17) is 14.3 Å². The molecule has 0 aliphatic heterocycles. The predicted octanol–water partition coefficient (Wildman–Crippen LogP) is 4.61. The number of benzene rings is 1. The van der Waals surface area contributed by atoms with Crippen LogP contribution in [-0.2, 0) is 25.5 Å². The van der Waals surface area contributed by atoms with Gasteiger partial charge < -0.3 is 19.4 Å². The minimum atomic E-state index is -1.07. The van der Waals surface area contributed by atoms with E-state index in [1.807, 2.05) is 40.6 Å². The Kier molecular flexibility index (Phi) is 12.5. The summed E-state index contributed by atoms with van der Waals surface area (Å²) >= 11 is 0. The molecule has 2 unspecified atom stereocenters. The smallest absolute Gasteiger partial charge is 0.337 e. The number of fused-ring (bicyclic) bond motifs is 1. The van der Waals surface area contributed by atoms with Gasteiger partial charge in [0.15, 0.2) is 0 Å². The zero-order valence-corrected chi connectivity index (χ0v) is 18.0. The first-order valence-corrected chi connectivity index (χ1v) is 9.67. The molecule has 2 atom stereocenters. The van der Waals surface area contributed by atoms with Crippen molar-refractivity contribution in [3.8, 4) is 0 Å². The highest BCUT2D eigenvalue weighted by atomic mass is 16.6. The van der Waals surface area contributed by atoms with Gasteiger partial charge in [-0.1, -0.05) is 37.6 Å². The number of aliphatic hydroxyl groups excluding tert-OH is 1. The van der Waals surface area contributed by atoms with E-state index >= 15 is 0 Å². The fourth-order valence-corrected chi connectivity index (χ4v) is 3.11. The Hall–Kier alpha value is -2.40. The van der Waals surface area contributed by atoms with Crippen LogP contribution in [0.25, 0.3) is 0 Å². The number of ether oxygens (including phenoxy) is 2. The van der Waals surface area contributed by atoms with Gasteiger partial charge in [-0.3, -0.25) is 0 Å². The topological polar surface area (TPSA) is 72.8 Å². The molecule has 0 heterocycles. The molecule has 5 nitrogen and oxygen atoms in total. The quantitative estimate of drug-likeness (QED) is 0.252. The molecule has 0 saturated carbocycles. The normalized spacial score (nSPS) is 15.7. The SMILES string of the molecule is C=O.CC.CCOC(=O)/C(=C/OC(O)C=C(C)C)C1CCc2c(C)cccc21. The zero-order valence-electron chi connectivity index (χ0n) is 18.0. The summed E-state index contributed by atoms with van der Waals surface area (Å²) in [4.78, 5) is 20.4. The monoisotopic (exact) mass is 390 g/mol. The van der Waals surface area contributed by atoms with E-state index in [1.54, 1.807) is 13.0 Å². The van der Waals surface area contributed by atoms with Gasteiger partial charge in [0.25, 0.3) is 0 Å². The number of aryl methyl sites for hydroxylation is 1. The first-order valence-electron chi connectivity index (χ1n) is 9.67. The van der Waals surface area contributed by atoms with Crippen LogP contribution in [0.2, 0.25) is 0 Å². The summed E-state index contributed by atoms with van der Waals surface area (Å²) in [6.07, 6.45) is 3.65. The average molecular weight is 391 g/mol. The van der Waals surface area contributed by atoms with Crippen molar-refractivity contribution in [3.05, 3.63) is 58.4 Å². The lowest BCUT2D eigenvalue weighted by atomic mass is 9.92. The van der Waals surface area contributed by atoms with Crippen LogP contribution in [0, 0.1) is 6.92 Å². The second-order valence-electron chi connectivity index (χ2n) is 6.30. The highest BCUT2D eigenvalue weighted by molar-refractivity contribution is 5.90. The van der Waals surface area contributed by atoms with E-state index in [1.165, 1.54) is 17.4 Å². The minimum absolute atomic E-state index is 0.0575. The molecule has 0 bridgehead atoms. The lowest BCUT2D eigenvalue weighted by Crippen LogP contribution is -2.15. The maximum Gasteiger partial charge on any atom is 0.337 e.